The van der Waals surface area contributed by atoms with Gasteiger partial charge in [-0.05, 0) is 19.1 Å². The van der Waals surface area contributed by atoms with Crippen molar-refractivity contribution in [3.05, 3.63) is 29.6 Å². The summed E-state index contributed by atoms with van der Waals surface area (Å²) in [5.74, 6) is 0. The van der Waals surface area contributed by atoms with E-state index in [4.69, 9.17) is 5.73 Å². The predicted molar refractivity (Wildman–Crippen MR) is 41.9 cm³/mol. The van der Waals surface area contributed by atoms with E-state index in [1.54, 1.807) is 19.1 Å². The molecule has 0 radical (unpaired) electrons. The lowest BCUT2D eigenvalue weighted by atomic mass is 10.2. The highest BCUT2D eigenvalue weighted by Gasteiger charge is 2.18. The molecule has 0 aromatic carbocycles. The smallest absolute Gasteiger partial charge is 0.259 e. The first-order valence-electron chi connectivity index (χ1n) is 3.58. The van der Waals surface area contributed by atoms with Gasteiger partial charge in [0, 0.05) is 5.69 Å². The molecule has 0 spiro atoms. The third kappa shape index (κ3) is 1.98. The van der Waals surface area contributed by atoms with Crippen LogP contribution in [-0.4, -0.2) is 11.4 Å². The maximum Gasteiger partial charge on any atom is 0.259 e. The van der Waals surface area contributed by atoms with Crippen LogP contribution in [0.3, 0.4) is 0 Å². The van der Waals surface area contributed by atoms with Crippen molar-refractivity contribution in [1.82, 2.24) is 4.98 Å². The maximum absolute atomic E-state index is 12.1. The van der Waals surface area contributed by atoms with Crippen molar-refractivity contribution in [2.45, 2.75) is 19.4 Å². The Balaban J connectivity index is 2.88. The van der Waals surface area contributed by atoms with Crippen molar-refractivity contribution in [2.75, 3.05) is 0 Å². The number of rotatable bonds is 2. The van der Waals surface area contributed by atoms with Crippen LogP contribution in [-0.2, 0) is 0 Å². The van der Waals surface area contributed by atoms with E-state index in [9.17, 15) is 8.78 Å². The van der Waals surface area contributed by atoms with Crippen LogP contribution in [0.5, 0.6) is 0 Å². The van der Waals surface area contributed by atoms with Crippen LogP contribution in [0, 0.1) is 6.92 Å². The second-order valence-electron chi connectivity index (χ2n) is 2.56. The third-order valence-electron chi connectivity index (χ3n) is 1.52. The average Bonchev–Trinajstić information content (AvgIpc) is 2.03. The minimum atomic E-state index is -2.56. The fourth-order valence-corrected chi connectivity index (χ4v) is 0.879. The second kappa shape index (κ2) is 3.58. The van der Waals surface area contributed by atoms with Gasteiger partial charge in [-0.3, -0.25) is 4.98 Å². The quantitative estimate of drug-likeness (QED) is 0.736. The lowest BCUT2D eigenvalue weighted by Gasteiger charge is -2.09. The van der Waals surface area contributed by atoms with E-state index in [1.807, 2.05) is 0 Å². The number of aryl methyl sites for hydroxylation is 1. The van der Waals surface area contributed by atoms with Gasteiger partial charge in [0.25, 0.3) is 6.43 Å². The Bertz CT molecular complexity index is 263. The molecular weight excluding hydrogens is 162 g/mol. The average molecular weight is 172 g/mol. The molecule has 1 atom stereocenters. The minimum Gasteiger partial charge on any atom is -0.318 e. The topological polar surface area (TPSA) is 38.9 Å². The summed E-state index contributed by atoms with van der Waals surface area (Å²) in [6, 6.07) is 3.63. The van der Waals surface area contributed by atoms with E-state index >= 15 is 0 Å². The van der Waals surface area contributed by atoms with Gasteiger partial charge in [-0.1, -0.05) is 6.07 Å². The normalized spacial score (nSPS) is 13.4. The number of hydrogen-bond donors (Lipinski definition) is 1. The Morgan fingerprint density at radius 2 is 2.08 bits per heavy atom. The lowest BCUT2D eigenvalue weighted by Crippen LogP contribution is -2.20. The number of alkyl halides is 2. The summed E-state index contributed by atoms with van der Waals surface area (Å²) in [5.41, 5.74) is 6.13. The van der Waals surface area contributed by atoms with E-state index in [0.717, 1.165) is 0 Å². The molecule has 1 heterocycles. The highest BCUT2D eigenvalue weighted by atomic mass is 19.3. The van der Waals surface area contributed by atoms with Crippen molar-refractivity contribution in [3.8, 4) is 0 Å². The zero-order valence-corrected chi connectivity index (χ0v) is 6.67. The van der Waals surface area contributed by atoms with Gasteiger partial charge in [-0.25, -0.2) is 8.78 Å². The Morgan fingerprint density at radius 1 is 1.42 bits per heavy atom. The minimum absolute atomic E-state index is 0.241. The molecule has 0 unspecified atom stereocenters. The SMILES string of the molecule is Cc1cccc([C@H](N)C(F)F)n1. The Morgan fingerprint density at radius 3 is 2.58 bits per heavy atom. The number of hydrogen-bond acceptors (Lipinski definition) is 2. The number of pyridine rings is 1. The third-order valence-corrected chi connectivity index (χ3v) is 1.52. The molecule has 2 N–H and O–H groups in total. The summed E-state index contributed by atoms with van der Waals surface area (Å²) in [4.78, 5) is 3.89. The van der Waals surface area contributed by atoms with Crippen LogP contribution in [0.4, 0.5) is 8.78 Å². The first-order chi connectivity index (χ1) is 5.61. The van der Waals surface area contributed by atoms with E-state index in [0.29, 0.717) is 5.69 Å². The largest absolute Gasteiger partial charge is 0.318 e. The zero-order chi connectivity index (χ0) is 9.14. The molecule has 0 bridgehead atoms. The van der Waals surface area contributed by atoms with Gasteiger partial charge in [-0.2, -0.15) is 0 Å². The number of halogens is 2. The summed E-state index contributed by atoms with van der Waals surface area (Å²) in [7, 11) is 0. The fourth-order valence-electron chi connectivity index (χ4n) is 0.879. The Hall–Kier alpha value is -1.03. The summed E-state index contributed by atoms with van der Waals surface area (Å²) >= 11 is 0. The fraction of sp³-hybridized carbons (Fsp3) is 0.375. The van der Waals surface area contributed by atoms with Gasteiger partial charge in [0.15, 0.2) is 0 Å². The van der Waals surface area contributed by atoms with Crippen LogP contribution in [0.1, 0.15) is 17.4 Å². The molecule has 0 saturated carbocycles. The first-order valence-corrected chi connectivity index (χ1v) is 3.58. The molecule has 0 aliphatic carbocycles. The molecule has 2 nitrogen and oxygen atoms in total. The standard InChI is InChI=1S/C8H10F2N2/c1-5-3-2-4-6(12-5)7(11)8(9)10/h2-4,7-8H,11H2,1H3/t7-/m0/s1. The summed E-state index contributed by atoms with van der Waals surface area (Å²) in [6.07, 6.45) is -2.56. The first kappa shape index (κ1) is 9.06. The molecule has 12 heavy (non-hydrogen) atoms. The van der Waals surface area contributed by atoms with E-state index < -0.39 is 12.5 Å². The molecule has 0 amide bonds. The number of nitrogens with two attached hydrogens (primary N) is 1. The molecule has 66 valence electrons. The predicted octanol–water partition coefficient (Wildman–Crippen LogP) is 1.65. The molecule has 1 rings (SSSR count). The Kier molecular flexibility index (Phi) is 2.70. The van der Waals surface area contributed by atoms with E-state index in [2.05, 4.69) is 4.98 Å². The van der Waals surface area contributed by atoms with Crippen molar-refractivity contribution in [2.24, 2.45) is 5.73 Å². The highest BCUT2D eigenvalue weighted by Crippen LogP contribution is 2.15. The van der Waals surface area contributed by atoms with Gasteiger partial charge in [0.1, 0.15) is 6.04 Å². The van der Waals surface area contributed by atoms with Crippen LogP contribution in [0.15, 0.2) is 18.2 Å². The van der Waals surface area contributed by atoms with Crippen LogP contribution < -0.4 is 5.73 Å². The van der Waals surface area contributed by atoms with E-state index in [1.165, 1.54) is 6.07 Å². The molecule has 0 saturated heterocycles. The molecule has 1 aromatic heterocycles. The molecular formula is C8H10F2N2. The van der Waals surface area contributed by atoms with Crippen LogP contribution in [0.2, 0.25) is 0 Å². The van der Waals surface area contributed by atoms with Gasteiger partial charge in [-0.15, -0.1) is 0 Å². The molecule has 0 aliphatic rings. The van der Waals surface area contributed by atoms with Crippen molar-refractivity contribution in [3.63, 3.8) is 0 Å². The number of aromatic nitrogens is 1. The molecule has 4 heteroatoms. The van der Waals surface area contributed by atoms with Gasteiger partial charge in [0.2, 0.25) is 0 Å². The second-order valence-corrected chi connectivity index (χ2v) is 2.56. The maximum atomic E-state index is 12.1. The van der Waals surface area contributed by atoms with Gasteiger partial charge in [0.05, 0.1) is 5.69 Å². The number of nitrogens with zero attached hydrogens (tertiary/aromatic N) is 1. The van der Waals surface area contributed by atoms with Crippen molar-refractivity contribution in [1.29, 1.82) is 0 Å². The van der Waals surface area contributed by atoms with Crippen LogP contribution >= 0.6 is 0 Å². The molecule has 0 aliphatic heterocycles. The lowest BCUT2D eigenvalue weighted by molar-refractivity contribution is 0.114. The Labute approximate surface area is 69.4 Å². The van der Waals surface area contributed by atoms with Crippen molar-refractivity contribution < 1.29 is 8.78 Å². The zero-order valence-electron chi connectivity index (χ0n) is 6.67. The monoisotopic (exact) mass is 172 g/mol. The van der Waals surface area contributed by atoms with Gasteiger partial charge < -0.3 is 5.73 Å². The van der Waals surface area contributed by atoms with Crippen LogP contribution in [0.25, 0.3) is 0 Å². The summed E-state index contributed by atoms with van der Waals surface area (Å²) in [6.45, 7) is 1.74. The molecule has 1 aromatic rings. The van der Waals surface area contributed by atoms with Crippen molar-refractivity contribution >= 4 is 0 Å². The highest BCUT2D eigenvalue weighted by molar-refractivity contribution is 5.13. The molecule has 0 fully saturated rings. The summed E-state index contributed by atoms with van der Waals surface area (Å²) in [5, 5.41) is 0. The van der Waals surface area contributed by atoms with E-state index in [-0.39, 0.29) is 5.69 Å². The van der Waals surface area contributed by atoms with Gasteiger partial charge >= 0.3 is 0 Å². The summed E-state index contributed by atoms with van der Waals surface area (Å²) < 4.78 is 24.2.